The molecule has 2 aromatic rings. The van der Waals surface area contributed by atoms with E-state index in [0.29, 0.717) is 17.3 Å². The Morgan fingerprint density at radius 3 is 2.79 bits per heavy atom. The Morgan fingerprint density at radius 2 is 2.04 bits per heavy atom. The normalized spacial score (nSPS) is 13.7. The lowest BCUT2D eigenvalue weighted by Crippen LogP contribution is -2.09. The minimum absolute atomic E-state index is 0.519. The lowest BCUT2D eigenvalue weighted by Gasteiger charge is -2.13. The minimum Gasteiger partial charge on any atom is -0.353 e. The van der Waals surface area contributed by atoms with Crippen LogP contribution in [0, 0.1) is 11.3 Å². The molecule has 1 aromatic carbocycles. The first kappa shape index (κ1) is 15.9. The highest BCUT2D eigenvalue weighted by Crippen LogP contribution is 2.20. The molecule has 0 aliphatic heterocycles. The maximum Gasteiger partial charge on any atom is 0.244 e. The monoisotopic (exact) mass is 320 g/mol. The number of nitrogens with zero attached hydrogens (tertiary/aromatic N) is 4. The molecule has 122 valence electrons. The Labute approximate surface area is 141 Å². The molecule has 1 aromatic heterocycles. The topological polar surface area (TPSA) is 86.5 Å². The second-order valence-electron chi connectivity index (χ2n) is 5.76. The van der Waals surface area contributed by atoms with Gasteiger partial charge in [0.25, 0.3) is 0 Å². The molecule has 1 aliphatic rings. The standard InChI is InChI=1S/C18H20N6/c19-12-15-6-8-16(9-7-15)22-17-13-21-24-18(23-17)20-11-10-14-4-2-1-3-5-14/h4,6-9,13H,1-3,5,10-11H2,(H2,20,22,23,24). The number of hydrogen-bond donors (Lipinski definition) is 2. The maximum atomic E-state index is 8.82. The molecule has 0 saturated heterocycles. The van der Waals surface area contributed by atoms with E-state index in [0.717, 1.165) is 18.7 Å². The first-order chi connectivity index (χ1) is 11.8. The number of aromatic nitrogens is 3. The molecule has 0 atom stereocenters. The van der Waals surface area contributed by atoms with Gasteiger partial charge in [-0.15, -0.1) is 5.10 Å². The Balaban J connectivity index is 1.55. The molecule has 6 nitrogen and oxygen atoms in total. The van der Waals surface area contributed by atoms with Crippen molar-refractivity contribution in [2.24, 2.45) is 0 Å². The van der Waals surface area contributed by atoms with E-state index in [1.54, 1.807) is 18.3 Å². The second kappa shape index (κ2) is 8.06. The van der Waals surface area contributed by atoms with Crippen molar-refractivity contribution in [3.8, 4) is 6.07 Å². The van der Waals surface area contributed by atoms with Crippen LogP contribution in [-0.2, 0) is 0 Å². The quantitative estimate of drug-likeness (QED) is 0.788. The van der Waals surface area contributed by atoms with Crippen molar-refractivity contribution >= 4 is 17.5 Å². The summed E-state index contributed by atoms with van der Waals surface area (Å²) in [4.78, 5) is 4.41. The van der Waals surface area contributed by atoms with Crippen LogP contribution in [-0.4, -0.2) is 21.7 Å². The number of rotatable bonds is 6. The maximum absolute atomic E-state index is 8.82. The molecule has 3 rings (SSSR count). The van der Waals surface area contributed by atoms with E-state index >= 15 is 0 Å². The summed E-state index contributed by atoms with van der Waals surface area (Å²) in [5.41, 5.74) is 3.00. The third-order valence-electron chi connectivity index (χ3n) is 3.96. The van der Waals surface area contributed by atoms with Gasteiger partial charge < -0.3 is 10.6 Å². The average molecular weight is 320 g/mol. The molecule has 0 saturated carbocycles. The molecule has 24 heavy (non-hydrogen) atoms. The molecular weight excluding hydrogens is 300 g/mol. The zero-order chi connectivity index (χ0) is 16.6. The van der Waals surface area contributed by atoms with Crippen molar-refractivity contribution in [1.82, 2.24) is 15.2 Å². The highest BCUT2D eigenvalue weighted by Gasteiger charge is 2.05. The summed E-state index contributed by atoms with van der Waals surface area (Å²) in [5, 5.41) is 23.2. The zero-order valence-corrected chi connectivity index (χ0v) is 13.5. The van der Waals surface area contributed by atoms with Crippen LogP contribution in [0.4, 0.5) is 17.5 Å². The fourth-order valence-corrected chi connectivity index (χ4v) is 2.68. The number of nitrogens with one attached hydrogen (secondary N) is 2. The van der Waals surface area contributed by atoms with Crippen LogP contribution in [0.3, 0.4) is 0 Å². The third kappa shape index (κ3) is 4.53. The van der Waals surface area contributed by atoms with E-state index in [-0.39, 0.29) is 0 Å². The van der Waals surface area contributed by atoms with Crippen molar-refractivity contribution in [1.29, 1.82) is 5.26 Å². The van der Waals surface area contributed by atoms with Gasteiger partial charge in [0.05, 0.1) is 17.8 Å². The molecule has 0 spiro atoms. The fraction of sp³-hybridized carbons (Fsp3) is 0.333. The summed E-state index contributed by atoms with van der Waals surface area (Å²) in [6.45, 7) is 0.813. The van der Waals surface area contributed by atoms with Gasteiger partial charge in [0.2, 0.25) is 5.95 Å². The molecule has 0 radical (unpaired) electrons. The van der Waals surface area contributed by atoms with Crippen molar-refractivity contribution < 1.29 is 0 Å². The first-order valence-electron chi connectivity index (χ1n) is 8.22. The van der Waals surface area contributed by atoms with Crippen LogP contribution < -0.4 is 10.6 Å². The van der Waals surface area contributed by atoms with E-state index in [2.05, 4.69) is 38.0 Å². The molecule has 1 aliphatic carbocycles. The number of allylic oxidation sites excluding steroid dienone is 1. The predicted octanol–water partition coefficient (Wildman–Crippen LogP) is 3.79. The Kier molecular flexibility index (Phi) is 5.36. The van der Waals surface area contributed by atoms with E-state index < -0.39 is 0 Å². The van der Waals surface area contributed by atoms with Crippen LogP contribution in [0.1, 0.15) is 37.7 Å². The van der Waals surface area contributed by atoms with E-state index in [1.165, 1.54) is 31.3 Å². The van der Waals surface area contributed by atoms with Gasteiger partial charge in [-0.1, -0.05) is 11.6 Å². The predicted molar refractivity (Wildman–Crippen MR) is 93.9 cm³/mol. The van der Waals surface area contributed by atoms with Gasteiger partial charge >= 0.3 is 0 Å². The lowest BCUT2D eigenvalue weighted by molar-refractivity contribution is 0.679. The summed E-state index contributed by atoms with van der Waals surface area (Å²) < 4.78 is 0. The molecule has 1 heterocycles. The first-order valence-corrected chi connectivity index (χ1v) is 8.22. The van der Waals surface area contributed by atoms with Crippen LogP contribution in [0.2, 0.25) is 0 Å². The van der Waals surface area contributed by atoms with Gasteiger partial charge in [-0.05, 0) is 56.4 Å². The van der Waals surface area contributed by atoms with Gasteiger partial charge in [0.1, 0.15) is 0 Å². The minimum atomic E-state index is 0.519. The van der Waals surface area contributed by atoms with Gasteiger partial charge in [-0.2, -0.15) is 15.3 Å². The highest BCUT2D eigenvalue weighted by atomic mass is 15.3. The summed E-state index contributed by atoms with van der Waals surface area (Å²) in [6, 6.07) is 9.29. The number of anilines is 3. The Morgan fingerprint density at radius 1 is 1.17 bits per heavy atom. The van der Waals surface area contributed by atoms with Gasteiger partial charge in [-0.25, -0.2) is 0 Å². The summed E-state index contributed by atoms with van der Waals surface area (Å²) in [5.74, 6) is 1.14. The summed E-state index contributed by atoms with van der Waals surface area (Å²) >= 11 is 0. The molecule has 0 bridgehead atoms. The molecule has 2 N–H and O–H groups in total. The summed E-state index contributed by atoms with van der Waals surface area (Å²) in [7, 11) is 0. The smallest absolute Gasteiger partial charge is 0.244 e. The van der Waals surface area contributed by atoms with Crippen LogP contribution >= 0.6 is 0 Å². The molecule has 6 heteroatoms. The number of benzene rings is 1. The lowest BCUT2D eigenvalue weighted by atomic mass is 9.97. The average Bonchev–Trinajstić information content (AvgIpc) is 2.64. The van der Waals surface area contributed by atoms with Crippen LogP contribution in [0.15, 0.2) is 42.1 Å². The molecule has 0 amide bonds. The van der Waals surface area contributed by atoms with Gasteiger partial charge in [0.15, 0.2) is 5.82 Å². The molecule has 0 fully saturated rings. The highest BCUT2D eigenvalue weighted by molar-refractivity contribution is 5.57. The molecular formula is C18H20N6. The van der Waals surface area contributed by atoms with Crippen LogP contribution in [0.25, 0.3) is 0 Å². The van der Waals surface area contributed by atoms with Crippen molar-refractivity contribution in [2.75, 3.05) is 17.2 Å². The second-order valence-corrected chi connectivity index (χ2v) is 5.76. The van der Waals surface area contributed by atoms with E-state index in [1.807, 2.05) is 12.1 Å². The molecule has 0 unspecified atom stereocenters. The van der Waals surface area contributed by atoms with Gasteiger partial charge in [0, 0.05) is 12.2 Å². The van der Waals surface area contributed by atoms with Crippen molar-refractivity contribution in [3.05, 3.63) is 47.7 Å². The number of nitriles is 1. The zero-order valence-electron chi connectivity index (χ0n) is 13.5. The van der Waals surface area contributed by atoms with Crippen molar-refractivity contribution in [3.63, 3.8) is 0 Å². The SMILES string of the molecule is N#Cc1ccc(Nc2cnnc(NCCC3=CCCCC3)n2)cc1. The van der Waals surface area contributed by atoms with Crippen LogP contribution in [0.5, 0.6) is 0 Å². The van der Waals surface area contributed by atoms with Crippen molar-refractivity contribution in [2.45, 2.75) is 32.1 Å². The van der Waals surface area contributed by atoms with Gasteiger partial charge in [-0.3, -0.25) is 0 Å². The number of hydrogen-bond acceptors (Lipinski definition) is 6. The fourth-order valence-electron chi connectivity index (χ4n) is 2.68. The van der Waals surface area contributed by atoms with E-state index in [4.69, 9.17) is 5.26 Å². The Bertz CT molecular complexity index is 745. The Hall–Kier alpha value is -2.94. The summed E-state index contributed by atoms with van der Waals surface area (Å²) in [6.07, 6.45) is 9.98. The van der Waals surface area contributed by atoms with E-state index in [9.17, 15) is 0 Å². The largest absolute Gasteiger partial charge is 0.353 e. The third-order valence-corrected chi connectivity index (χ3v) is 3.96.